The van der Waals surface area contributed by atoms with Gasteiger partial charge in [0.1, 0.15) is 0 Å². The summed E-state index contributed by atoms with van der Waals surface area (Å²) in [7, 11) is -1.40. The van der Waals surface area contributed by atoms with E-state index < -0.39 is 7.12 Å². The molecule has 0 radical (unpaired) electrons. The van der Waals surface area contributed by atoms with Crippen molar-refractivity contribution in [3.8, 4) is 0 Å². The summed E-state index contributed by atoms with van der Waals surface area (Å²) in [4.78, 5) is 4.28. The van der Waals surface area contributed by atoms with E-state index in [4.69, 9.17) is 10.0 Å². The molecule has 2 rings (SSSR count). The predicted octanol–water partition coefficient (Wildman–Crippen LogP) is -0.772. The van der Waals surface area contributed by atoms with Crippen molar-refractivity contribution in [1.29, 1.82) is 0 Å². The maximum absolute atomic E-state index is 9.06. The Balaban J connectivity index is 2.16. The van der Waals surface area contributed by atoms with Crippen LogP contribution in [0.15, 0.2) is 18.3 Å². The minimum Gasteiger partial charge on any atom is -0.423 e. The van der Waals surface area contributed by atoms with E-state index >= 15 is 0 Å². The average Bonchev–Trinajstić information content (AvgIpc) is 2.30. The number of pyridine rings is 1. The summed E-state index contributed by atoms with van der Waals surface area (Å²) >= 11 is 0. The van der Waals surface area contributed by atoms with Crippen molar-refractivity contribution in [3.63, 3.8) is 0 Å². The fourth-order valence-electron chi connectivity index (χ4n) is 1.95. The quantitative estimate of drug-likeness (QED) is 0.556. The van der Waals surface area contributed by atoms with Gasteiger partial charge in [0.05, 0.1) is 0 Å². The number of aromatic nitrogens is 1. The molecule has 1 unspecified atom stereocenters. The topological polar surface area (TPSA) is 65.4 Å². The van der Waals surface area contributed by atoms with Crippen LogP contribution < -0.4 is 10.8 Å². The zero-order chi connectivity index (χ0) is 10.7. The first-order valence-electron chi connectivity index (χ1n) is 5.30. The number of hydrogen-bond donors (Lipinski definition) is 3. The van der Waals surface area contributed by atoms with Crippen molar-refractivity contribution in [2.24, 2.45) is 0 Å². The van der Waals surface area contributed by atoms with Crippen molar-refractivity contribution >= 4 is 12.6 Å². The molecule has 1 aliphatic rings. The second-order valence-corrected chi connectivity index (χ2v) is 3.93. The molecule has 1 aliphatic heterocycles. The standard InChI is InChI=1S/C10H15BN2O2/c14-11(15)9-3-5-13-10(6-9)8-2-1-4-12-7-8/h3,5-6,8,12,14-15H,1-2,4,7H2. The van der Waals surface area contributed by atoms with Crippen molar-refractivity contribution in [1.82, 2.24) is 10.3 Å². The Kier molecular flexibility index (Phi) is 3.35. The van der Waals surface area contributed by atoms with E-state index in [0.717, 1.165) is 31.6 Å². The fraction of sp³-hybridized carbons (Fsp3) is 0.500. The molecule has 3 N–H and O–H groups in total. The van der Waals surface area contributed by atoms with Crippen molar-refractivity contribution < 1.29 is 10.0 Å². The summed E-state index contributed by atoms with van der Waals surface area (Å²) in [6.07, 6.45) is 3.90. The molecule has 0 saturated carbocycles. The lowest BCUT2D eigenvalue weighted by atomic mass is 9.79. The van der Waals surface area contributed by atoms with Gasteiger partial charge in [0.15, 0.2) is 0 Å². The third-order valence-electron chi connectivity index (χ3n) is 2.82. The van der Waals surface area contributed by atoms with Crippen molar-refractivity contribution in [2.75, 3.05) is 13.1 Å². The van der Waals surface area contributed by atoms with Gasteiger partial charge in [-0.05, 0) is 37.0 Å². The summed E-state index contributed by atoms with van der Waals surface area (Å²) in [6.45, 7) is 2.00. The zero-order valence-corrected chi connectivity index (χ0v) is 8.56. The Morgan fingerprint density at radius 3 is 3.00 bits per heavy atom. The molecule has 1 saturated heterocycles. The SMILES string of the molecule is OB(O)c1ccnc(C2CCCNC2)c1. The minimum atomic E-state index is -1.40. The molecule has 0 aromatic carbocycles. The molecule has 4 nitrogen and oxygen atoms in total. The van der Waals surface area contributed by atoms with Crippen LogP contribution >= 0.6 is 0 Å². The smallest absolute Gasteiger partial charge is 0.423 e. The molecule has 1 aromatic heterocycles. The first-order chi connectivity index (χ1) is 7.27. The van der Waals surface area contributed by atoms with E-state index in [1.54, 1.807) is 18.3 Å². The van der Waals surface area contributed by atoms with Crippen LogP contribution in [-0.4, -0.2) is 35.2 Å². The molecule has 0 spiro atoms. The number of hydrogen-bond acceptors (Lipinski definition) is 4. The zero-order valence-electron chi connectivity index (χ0n) is 8.56. The molecule has 80 valence electrons. The van der Waals surface area contributed by atoms with Crippen molar-refractivity contribution in [3.05, 3.63) is 24.0 Å². The maximum atomic E-state index is 9.06. The van der Waals surface area contributed by atoms with Crippen LogP contribution in [0.4, 0.5) is 0 Å². The lowest BCUT2D eigenvalue weighted by Crippen LogP contribution is -2.33. The van der Waals surface area contributed by atoms with Crippen LogP contribution in [0.5, 0.6) is 0 Å². The predicted molar refractivity (Wildman–Crippen MR) is 58.9 cm³/mol. The van der Waals surface area contributed by atoms with E-state index in [9.17, 15) is 0 Å². The van der Waals surface area contributed by atoms with Gasteiger partial charge in [-0.3, -0.25) is 4.98 Å². The monoisotopic (exact) mass is 206 g/mol. The van der Waals surface area contributed by atoms with Crippen molar-refractivity contribution in [2.45, 2.75) is 18.8 Å². The van der Waals surface area contributed by atoms with Gasteiger partial charge in [-0.25, -0.2) is 0 Å². The molecular formula is C10H15BN2O2. The number of nitrogens with zero attached hydrogens (tertiary/aromatic N) is 1. The third kappa shape index (κ3) is 2.56. The second kappa shape index (κ2) is 4.74. The van der Waals surface area contributed by atoms with E-state index in [2.05, 4.69) is 10.3 Å². The van der Waals surface area contributed by atoms with Gasteiger partial charge in [0, 0.05) is 24.4 Å². The fourth-order valence-corrected chi connectivity index (χ4v) is 1.95. The molecule has 0 bridgehead atoms. The van der Waals surface area contributed by atoms with E-state index in [0.29, 0.717) is 11.4 Å². The summed E-state index contributed by atoms with van der Waals surface area (Å²) in [5.74, 6) is 0.400. The van der Waals surface area contributed by atoms with Gasteiger partial charge < -0.3 is 15.4 Å². The van der Waals surface area contributed by atoms with Crippen LogP contribution in [0.3, 0.4) is 0 Å². The molecule has 5 heteroatoms. The number of nitrogens with one attached hydrogen (secondary N) is 1. The Morgan fingerprint density at radius 2 is 2.33 bits per heavy atom. The van der Waals surface area contributed by atoms with Crippen LogP contribution in [-0.2, 0) is 0 Å². The normalized spacial score (nSPS) is 21.3. The minimum absolute atomic E-state index is 0.400. The Labute approximate surface area is 89.5 Å². The number of rotatable bonds is 2. The molecule has 0 amide bonds. The average molecular weight is 206 g/mol. The third-order valence-corrected chi connectivity index (χ3v) is 2.82. The Morgan fingerprint density at radius 1 is 1.47 bits per heavy atom. The summed E-state index contributed by atoms with van der Waals surface area (Å²) < 4.78 is 0. The van der Waals surface area contributed by atoms with Gasteiger partial charge >= 0.3 is 7.12 Å². The van der Waals surface area contributed by atoms with E-state index in [-0.39, 0.29) is 0 Å². The molecule has 1 atom stereocenters. The van der Waals surface area contributed by atoms with Crippen LogP contribution in [0, 0.1) is 0 Å². The highest BCUT2D eigenvalue weighted by Crippen LogP contribution is 2.20. The lowest BCUT2D eigenvalue weighted by Gasteiger charge is -2.22. The van der Waals surface area contributed by atoms with Crippen LogP contribution in [0.1, 0.15) is 24.5 Å². The Bertz CT molecular complexity index is 327. The molecule has 0 aliphatic carbocycles. The molecule has 1 aromatic rings. The molecule has 2 heterocycles. The molecular weight excluding hydrogens is 191 g/mol. The summed E-state index contributed by atoms with van der Waals surface area (Å²) in [5.41, 5.74) is 1.47. The van der Waals surface area contributed by atoms with Gasteiger partial charge in [-0.15, -0.1) is 0 Å². The van der Waals surface area contributed by atoms with Gasteiger partial charge in [0.25, 0.3) is 0 Å². The van der Waals surface area contributed by atoms with Crippen LogP contribution in [0.2, 0.25) is 0 Å². The van der Waals surface area contributed by atoms with E-state index in [1.165, 1.54) is 0 Å². The largest absolute Gasteiger partial charge is 0.488 e. The molecule has 1 fully saturated rings. The summed E-state index contributed by atoms with van der Waals surface area (Å²) in [5, 5.41) is 21.4. The highest BCUT2D eigenvalue weighted by atomic mass is 16.4. The van der Waals surface area contributed by atoms with Crippen LogP contribution in [0.25, 0.3) is 0 Å². The first kappa shape index (κ1) is 10.6. The Hall–Kier alpha value is -0.905. The lowest BCUT2D eigenvalue weighted by molar-refractivity contribution is 0.425. The highest BCUT2D eigenvalue weighted by Gasteiger charge is 2.18. The van der Waals surface area contributed by atoms with Gasteiger partial charge in [-0.1, -0.05) is 0 Å². The van der Waals surface area contributed by atoms with Gasteiger partial charge in [-0.2, -0.15) is 0 Å². The highest BCUT2D eigenvalue weighted by molar-refractivity contribution is 6.58. The number of piperidine rings is 1. The van der Waals surface area contributed by atoms with E-state index in [1.807, 2.05) is 0 Å². The molecule has 15 heavy (non-hydrogen) atoms. The summed E-state index contributed by atoms with van der Waals surface area (Å²) in [6, 6.07) is 3.41. The second-order valence-electron chi connectivity index (χ2n) is 3.93. The maximum Gasteiger partial charge on any atom is 0.488 e. The van der Waals surface area contributed by atoms with Gasteiger partial charge in [0.2, 0.25) is 0 Å². The first-order valence-corrected chi connectivity index (χ1v) is 5.30.